The predicted octanol–water partition coefficient (Wildman–Crippen LogP) is 4.97. The maximum atomic E-state index is 12.1. The molecule has 132 valence electrons. The van der Waals surface area contributed by atoms with Gasteiger partial charge < -0.3 is 15.4 Å². The number of hydrogen-bond acceptors (Lipinski definition) is 3. The molecule has 0 aliphatic rings. The minimum Gasteiger partial charge on any atom is -0.489 e. The number of carbonyl (C=O) groups is 1. The number of hydrogen-bond donors (Lipinski definition) is 2. The van der Waals surface area contributed by atoms with Gasteiger partial charge in [-0.05, 0) is 42.0 Å². The second kappa shape index (κ2) is 8.92. The molecule has 3 rings (SSSR count). The van der Waals surface area contributed by atoms with Crippen molar-refractivity contribution < 1.29 is 9.53 Å². The van der Waals surface area contributed by atoms with E-state index in [0.29, 0.717) is 23.1 Å². The van der Waals surface area contributed by atoms with Crippen LogP contribution in [0.1, 0.15) is 5.56 Å². The largest absolute Gasteiger partial charge is 0.489 e. The van der Waals surface area contributed by atoms with Gasteiger partial charge in [0.25, 0.3) is 0 Å². The van der Waals surface area contributed by atoms with E-state index < -0.39 is 0 Å². The second-order valence-corrected chi connectivity index (χ2v) is 6.15. The normalized spacial score (nSPS) is 10.2. The molecule has 4 nitrogen and oxygen atoms in total. The lowest BCUT2D eigenvalue weighted by atomic mass is 10.2. The van der Waals surface area contributed by atoms with Gasteiger partial charge in [0.15, 0.2) is 0 Å². The van der Waals surface area contributed by atoms with Crippen molar-refractivity contribution >= 4 is 28.9 Å². The molecule has 0 radical (unpaired) electrons. The molecular formula is C21H19ClN2O2. The summed E-state index contributed by atoms with van der Waals surface area (Å²) in [6.07, 6.45) is 0. The Kier molecular flexibility index (Phi) is 6.12. The summed E-state index contributed by atoms with van der Waals surface area (Å²) in [7, 11) is 0. The molecule has 26 heavy (non-hydrogen) atoms. The summed E-state index contributed by atoms with van der Waals surface area (Å²) in [6, 6.07) is 24.5. The molecule has 0 bridgehead atoms. The zero-order valence-electron chi connectivity index (χ0n) is 14.1. The van der Waals surface area contributed by atoms with Crippen molar-refractivity contribution in [1.82, 2.24) is 0 Å². The van der Waals surface area contributed by atoms with Crippen molar-refractivity contribution in [2.45, 2.75) is 6.61 Å². The number of ether oxygens (including phenoxy) is 1. The molecule has 0 saturated carbocycles. The molecule has 0 saturated heterocycles. The fourth-order valence-electron chi connectivity index (χ4n) is 2.36. The van der Waals surface area contributed by atoms with E-state index in [9.17, 15) is 4.79 Å². The Labute approximate surface area is 157 Å². The molecule has 2 N–H and O–H groups in total. The highest BCUT2D eigenvalue weighted by atomic mass is 35.5. The van der Waals surface area contributed by atoms with E-state index in [1.165, 1.54) is 0 Å². The van der Waals surface area contributed by atoms with Crippen LogP contribution in [0.25, 0.3) is 0 Å². The van der Waals surface area contributed by atoms with Crippen LogP contribution in [0.5, 0.6) is 5.75 Å². The van der Waals surface area contributed by atoms with E-state index in [2.05, 4.69) is 10.6 Å². The molecule has 0 aliphatic heterocycles. The molecule has 0 unspecified atom stereocenters. The van der Waals surface area contributed by atoms with Gasteiger partial charge in [0.05, 0.1) is 6.54 Å². The molecule has 0 heterocycles. The van der Waals surface area contributed by atoms with Gasteiger partial charge in [-0.25, -0.2) is 0 Å². The molecule has 5 heteroatoms. The minimum absolute atomic E-state index is 0.139. The van der Waals surface area contributed by atoms with Crippen LogP contribution in [0.2, 0.25) is 5.02 Å². The summed E-state index contributed by atoms with van der Waals surface area (Å²) in [5.41, 5.74) is 2.62. The maximum Gasteiger partial charge on any atom is 0.243 e. The third-order valence-corrected chi connectivity index (χ3v) is 3.92. The molecule has 3 aromatic rings. The van der Waals surface area contributed by atoms with E-state index in [1.54, 1.807) is 12.1 Å². The number of amides is 1. The maximum absolute atomic E-state index is 12.1. The third-order valence-electron chi connectivity index (χ3n) is 3.66. The third kappa shape index (κ3) is 5.53. The first kappa shape index (κ1) is 17.8. The number of halogens is 1. The first-order chi connectivity index (χ1) is 12.7. The lowest BCUT2D eigenvalue weighted by Gasteiger charge is -2.10. The average Bonchev–Trinajstić information content (AvgIpc) is 2.67. The van der Waals surface area contributed by atoms with Crippen molar-refractivity contribution in [3.8, 4) is 5.75 Å². The first-order valence-corrected chi connectivity index (χ1v) is 8.63. The number of anilines is 2. The lowest BCUT2D eigenvalue weighted by Crippen LogP contribution is -2.21. The zero-order valence-corrected chi connectivity index (χ0v) is 14.9. The van der Waals surface area contributed by atoms with Gasteiger partial charge in [0.1, 0.15) is 12.4 Å². The van der Waals surface area contributed by atoms with E-state index in [0.717, 1.165) is 11.3 Å². The van der Waals surface area contributed by atoms with Gasteiger partial charge in [-0.2, -0.15) is 0 Å². The smallest absolute Gasteiger partial charge is 0.243 e. The first-order valence-electron chi connectivity index (χ1n) is 8.25. The fraction of sp³-hybridized carbons (Fsp3) is 0.0952. The summed E-state index contributed by atoms with van der Waals surface area (Å²) >= 11 is 5.84. The van der Waals surface area contributed by atoms with Gasteiger partial charge >= 0.3 is 0 Å². The molecule has 3 aromatic carbocycles. The lowest BCUT2D eigenvalue weighted by molar-refractivity contribution is -0.114. The van der Waals surface area contributed by atoms with Gasteiger partial charge in [0.2, 0.25) is 5.91 Å². The molecule has 0 fully saturated rings. The molecule has 0 atom stereocenters. The Morgan fingerprint density at radius 2 is 1.65 bits per heavy atom. The van der Waals surface area contributed by atoms with E-state index in [-0.39, 0.29) is 12.5 Å². The Morgan fingerprint density at radius 3 is 2.42 bits per heavy atom. The van der Waals surface area contributed by atoms with Crippen LogP contribution in [0.4, 0.5) is 11.4 Å². The SMILES string of the molecule is O=C(CNc1ccc(Cl)cc1)Nc1cccc(OCc2ccccc2)c1. The highest BCUT2D eigenvalue weighted by Gasteiger charge is 2.04. The molecule has 0 spiro atoms. The number of benzene rings is 3. The predicted molar refractivity (Wildman–Crippen MR) is 106 cm³/mol. The molecular weight excluding hydrogens is 348 g/mol. The van der Waals surface area contributed by atoms with Gasteiger partial charge in [-0.1, -0.05) is 48.0 Å². The average molecular weight is 367 g/mol. The summed E-state index contributed by atoms with van der Waals surface area (Å²) in [4.78, 5) is 12.1. The van der Waals surface area contributed by atoms with E-state index in [4.69, 9.17) is 16.3 Å². The van der Waals surface area contributed by atoms with Crippen LogP contribution < -0.4 is 15.4 Å². The standard InChI is InChI=1S/C21H19ClN2O2/c22-17-9-11-18(12-10-17)23-14-21(25)24-19-7-4-8-20(13-19)26-15-16-5-2-1-3-6-16/h1-13,23H,14-15H2,(H,24,25). The number of rotatable bonds is 7. The van der Waals surface area contributed by atoms with Crippen molar-refractivity contribution in [1.29, 1.82) is 0 Å². The number of nitrogens with one attached hydrogen (secondary N) is 2. The number of carbonyl (C=O) groups excluding carboxylic acids is 1. The highest BCUT2D eigenvalue weighted by molar-refractivity contribution is 6.30. The van der Waals surface area contributed by atoms with E-state index in [1.807, 2.05) is 66.7 Å². The quantitative estimate of drug-likeness (QED) is 0.620. The van der Waals surface area contributed by atoms with Gasteiger partial charge in [-0.15, -0.1) is 0 Å². The Hall–Kier alpha value is -2.98. The van der Waals surface area contributed by atoms with Crippen LogP contribution in [-0.2, 0) is 11.4 Å². The summed E-state index contributed by atoms with van der Waals surface area (Å²) in [5, 5.41) is 6.57. The van der Waals surface area contributed by atoms with Gasteiger partial charge in [-0.3, -0.25) is 4.79 Å². The summed E-state index contributed by atoms with van der Waals surface area (Å²) < 4.78 is 5.78. The van der Waals surface area contributed by atoms with E-state index >= 15 is 0 Å². The second-order valence-electron chi connectivity index (χ2n) is 5.71. The van der Waals surface area contributed by atoms with Crippen molar-refractivity contribution in [3.63, 3.8) is 0 Å². The van der Waals surface area contributed by atoms with Crippen molar-refractivity contribution in [2.75, 3.05) is 17.2 Å². The van der Waals surface area contributed by atoms with Crippen LogP contribution in [-0.4, -0.2) is 12.5 Å². The van der Waals surface area contributed by atoms with Crippen LogP contribution in [0.15, 0.2) is 78.9 Å². The summed E-state index contributed by atoms with van der Waals surface area (Å²) in [5.74, 6) is 0.567. The van der Waals surface area contributed by atoms with Crippen molar-refractivity contribution in [3.05, 3.63) is 89.4 Å². The Balaban J connectivity index is 1.51. The van der Waals surface area contributed by atoms with Crippen LogP contribution in [0.3, 0.4) is 0 Å². The van der Waals surface area contributed by atoms with Gasteiger partial charge in [0, 0.05) is 22.5 Å². The zero-order chi connectivity index (χ0) is 18.2. The van der Waals surface area contributed by atoms with Crippen LogP contribution in [0, 0.1) is 0 Å². The fourth-order valence-corrected chi connectivity index (χ4v) is 2.49. The Bertz CT molecular complexity index is 851. The molecule has 0 aliphatic carbocycles. The molecule has 0 aromatic heterocycles. The summed E-state index contributed by atoms with van der Waals surface area (Å²) in [6.45, 7) is 0.646. The molecule has 1 amide bonds. The topological polar surface area (TPSA) is 50.4 Å². The Morgan fingerprint density at radius 1 is 0.885 bits per heavy atom. The highest BCUT2D eigenvalue weighted by Crippen LogP contribution is 2.19. The monoisotopic (exact) mass is 366 g/mol. The van der Waals surface area contributed by atoms with Crippen LogP contribution >= 0.6 is 11.6 Å². The minimum atomic E-state index is -0.139. The van der Waals surface area contributed by atoms with Crippen molar-refractivity contribution in [2.24, 2.45) is 0 Å².